The fourth-order valence-corrected chi connectivity index (χ4v) is 2.48. The maximum absolute atomic E-state index is 5.79. The molecule has 19 heavy (non-hydrogen) atoms. The summed E-state index contributed by atoms with van der Waals surface area (Å²) in [5, 5.41) is 0. The zero-order chi connectivity index (χ0) is 13.8. The number of nitrogens with two attached hydrogens (primary N) is 1. The smallest absolute Gasteiger partial charge is 0.128 e. The molecule has 1 saturated heterocycles. The summed E-state index contributed by atoms with van der Waals surface area (Å²) in [5.41, 5.74) is 6.96. The molecule has 2 heterocycles. The highest BCUT2D eigenvalue weighted by Gasteiger charge is 2.33. The lowest BCUT2D eigenvalue weighted by Gasteiger charge is -2.17. The number of nitrogens with zero attached hydrogens (tertiary/aromatic N) is 2. The minimum absolute atomic E-state index is 0.107. The van der Waals surface area contributed by atoms with Crippen LogP contribution in [0.5, 0.6) is 0 Å². The Morgan fingerprint density at radius 3 is 2.37 bits per heavy atom. The zero-order valence-electron chi connectivity index (χ0n) is 11.9. The SMILES string of the molecule is COC1CN(c2ccc(CC(C)N)cn2)CC1OC. The molecule has 0 radical (unpaired) electrons. The first-order valence-electron chi connectivity index (χ1n) is 6.65. The van der Waals surface area contributed by atoms with Gasteiger partial charge in [-0.2, -0.15) is 0 Å². The average Bonchev–Trinajstić information content (AvgIpc) is 2.82. The van der Waals surface area contributed by atoms with E-state index in [0.29, 0.717) is 0 Å². The topological polar surface area (TPSA) is 60.6 Å². The van der Waals surface area contributed by atoms with Crippen LogP contribution in [-0.4, -0.2) is 50.5 Å². The van der Waals surface area contributed by atoms with Crippen LogP contribution >= 0.6 is 0 Å². The Morgan fingerprint density at radius 2 is 1.95 bits per heavy atom. The number of hydrogen-bond donors (Lipinski definition) is 1. The van der Waals surface area contributed by atoms with Gasteiger partial charge in [0, 0.05) is 39.5 Å². The minimum Gasteiger partial charge on any atom is -0.377 e. The molecule has 1 aliphatic heterocycles. The number of anilines is 1. The molecular weight excluding hydrogens is 242 g/mol. The van der Waals surface area contributed by atoms with Gasteiger partial charge in [0.2, 0.25) is 0 Å². The standard InChI is InChI=1S/C14H23N3O2/c1-10(15)6-11-4-5-14(16-7-11)17-8-12(18-2)13(9-17)19-3/h4-5,7,10,12-13H,6,8-9,15H2,1-3H3. The van der Waals surface area contributed by atoms with Crippen molar-refractivity contribution in [1.82, 2.24) is 4.98 Å². The van der Waals surface area contributed by atoms with Crippen molar-refractivity contribution in [2.75, 3.05) is 32.2 Å². The number of methoxy groups -OCH3 is 2. The van der Waals surface area contributed by atoms with Crippen LogP contribution in [0.25, 0.3) is 0 Å². The first-order valence-corrected chi connectivity index (χ1v) is 6.65. The fourth-order valence-electron chi connectivity index (χ4n) is 2.48. The Morgan fingerprint density at radius 1 is 1.32 bits per heavy atom. The summed E-state index contributed by atoms with van der Waals surface area (Å²) in [6.45, 7) is 3.63. The van der Waals surface area contributed by atoms with E-state index < -0.39 is 0 Å². The molecule has 2 N–H and O–H groups in total. The number of pyridine rings is 1. The quantitative estimate of drug-likeness (QED) is 0.854. The maximum Gasteiger partial charge on any atom is 0.128 e. The molecule has 0 saturated carbocycles. The van der Waals surface area contributed by atoms with Crippen molar-refractivity contribution in [3.05, 3.63) is 23.9 Å². The second-order valence-electron chi connectivity index (χ2n) is 5.16. The Balaban J connectivity index is 2.03. The Bertz CT molecular complexity index is 382. The van der Waals surface area contributed by atoms with E-state index in [1.54, 1.807) is 14.2 Å². The first-order chi connectivity index (χ1) is 9.13. The predicted octanol–water partition coefficient (Wildman–Crippen LogP) is 0.821. The van der Waals surface area contributed by atoms with Gasteiger partial charge in [0.15, 0.2) is 0 Å². The normalized spacial score (nSPS) is 24.7. The summed E-state index contributed by atoms with van der Waals surface area (Å²) in [6.07, 6.45) is 2.97. The largest absolute Gasteiger partial charge is 0.377 e. The van der Waals surface area contributed by atoms with Crippen molar-refractivity contribution in [3.8, 4) is 0 Å². The molecule has 0 aromatic carbocycles. The van der Waals surface area contributed by atoms with Gasteiger partial charge in [-0.25, -0.2) is 4.98 Å². The van der Waals surface area contributed by atoms with E-state index >= 15 is 0 Å². The number of ether oxygens (including phenoxy) is 2. The van der Waals surface area contributed by atoms with Gasteiger partial charge < -0.3 is 20.1 Å². The molecule has 3 unspecified atom stereocenters. The third kappa shape index (κ3) is 3.43. The molecule has 5 heteroatoms. The molecule has 2 rings (SSSR count). The molecule has 0 spiro atoms. The van der Waals surface area contributed by atoms with Crippen LogP contribution in [0.2, 0.25) is 0 Å². The molecule has 0 bridgehead atoms. The average molecular weight is 265 g/mol. The van der Waals surface area contributed by atoms with Crippen LogP contribution in [-0.2, 0) is 15.9 Å². The molecule has 5 nitrogen and oxygen atoms in total. The van der Waals surface area contributed by atoms with Gasteiger partial charge >= 0.3 is 0 Å². The third-order valence-corrected chi connectivity index (χ3v) is 3.51. The molecule has 0 aliphatic carbocycles. The van der Waals surface area contributed by atoms with Gasteiger partial charge in [-0.05, 0) is 25.0 Å². The van der Waals surface area contributed by atoms with Crippen molar-refractivity contribution >= 4 is 5.82 Å². The molecule has 1 aliphatic rings. The molecule has 1 aromatic heterocycles. The Labute approximate surface area is 114 Å². The molecule has 0 amide bonds. The highest BCUT2D eigenvalue weighted by Crippen LogP contribution is 2.21. The van der Waals surface area contributed by atoms with Crippen molar-refractivity contribution < 1.29 is 9.47 Å². The molecular formula is C14H23N3O2. The zero-order valence-corrected chi connectivity index (χ0v) is 11.9. The van der Waals surface area contributed by atoms with E-state index in [1.165, 1.54) is 5.56 Å². The summed E-state index contributed by atoms with van der Waals surface area (Å²) in [7, 11) is 3.44. The Kier molecular flexibility index (Phi) is 4.74. The van der Waals surface area contributed by atoms with E-state index in [0.717, 1.165) is 25.3 Å². The summed E-state index contributed by atoms with van der Waals surface area (Å²) in [4.78, 5) is 6.70. The number of rotatable bonds is 5. The highest BCUT2D eigenvalue weighted by atomic mass is 16.5. The van der Waals surface area contributed by atoms with E-state index in [9.17, 15) is 0 Å². The van der Waals surface area contributed by atoms with Crippen LogP contribution in [0, 0.1) is 0 Å². The predicted molar refractivity (Wildman–Crippen MR) is 75.4 cm³/mol. The van der Waals surface area contributed by atoms with Crippen molar-refractivity contribution in [2.24, 2.45) is 5.73 Å². The number of aromatic nitrogens is 1. The summed E-state index contributed by atoms with van der Waals surface area (Å²) in [5.74, 6) is 0.968. The van der Waals surface area contributed by atoms with E-state index in [4.69, 9.17) is 15.2 Å². The van der Waals surface area contributed by atoms with Gasteiger partial charge in [0.1, 0.15) is 18.0 Å². The first kappa shape index (κ1) is 14.2. The van der Waals surface area contributed by atoms with E-state index in [2.05, 4.69) is 16.0 Å². The van der Waals surface area contributed by atoms with Crippen LogP contribution in [0.1, 0.15) is 12.5 Å². The fraction of sp³-hybridized carbons (Fsp3) is 0.643. The van der Waals surface area contributed by atoms with Crippen LogP contribution in [0.3, 0.4) is 0 Å². The monoisotopic (exact) mass is 265 g/mol. The minimum atomic E-state index is 0.107. The van der Waals surface area contributed by atoms with Gasteiger partial charge in [-0.3, -0.25) is 0 Å². The highest BCUT2D eigenvalue weighted by molar-refractivity contribution is 5.41. The van der Waals surface area contributed by atoms with Gasteiger partial charge in [-0.1, -0.05) is 6.07 Å². The molecule has 1 fully saturated rings. The van der Waals surface area contributed by atoms with Crippen LogP contribution < -0.4 is 10.6 Å². The lowest BCUT2D eigenvalue weighted by atomic mass is 10.1. The second-order valence-corrected chi connectivity index (χ2v) is 5.16. The van der Waals surface area contributed by atoms with Gasteiger partial charge in [0.05, 0.1) is 0 Å². The van der Waals surface area contributed by atoms with Gasteiger partial charge in [-0.15, -0.1) is 0 Å². The third-order valence-electron chi connectivity index (χ3n) is 3.51. The van der Waals surface area contributed by atoms with Crippen molar-refractivity contribution in [1.29, 1.82) is 0 Å². The molecule has 106 valence electrons. The van der Waals surface area contributed by atoms with Crippen LogP contribution in [0.4, 0.5) is 5.82 Å². The van der Waals surface area contributed by atoms with Crippen LogP contribution in [0.15, 0.2) is 18.3 Å². The second kappa shape index (κ2) is 6.32. The van der Waals surface area contributed by atoms with Gasteiger partial charge in [0.25, 0.3) is 0 Å². The van der Waals surface area contributed by atoms with E-state index in [-0.39, 0.29) is 18.2 Å². The number of hydrogen-bond acceptors (Lipinski definition) is 5. The summed E-state index contributed by atoms with van der Waals surface area (Å²) < 4.78 is 10.9. The maximum atomic E-state index is 5.79. The summed E-state index contributed by atoms with van der Waals surface area (Å²) in [6, 6.07) is 4.30. The molecule has 1 aromatic rings. The van der Waals surface area contributed by atoms with E-state index in [1.807, 2.05) is 19.2 Å². The van der Waals surface area contributed by atoms with Crippen molar-refractivity contribution in [3.63, 3.8) is 0 Å². The lowest BCUT2D eigenvalue weighted by molar-refractivity contribution is -0.00461. The Hall–Kier alpha value is -1.17. The lowest BCUT2D eigenvalue weighted by Crippen LogP contribution is -2.27. The van der Waals surface area contributed by atoms with Crippen molar-refractivity contribution in [2.45, 2.75) is 31.6 Å². The molecule has 3 atom stereocenters. The summed E-state index contributed by atoms with van der Waals surface area (Å²) >= 11 is 0.